The molecule has 1 aromatic heterocycles. The number of benzene rings is 1. The third kappa shape index (κ3) is 5.60. The molecule has 2 N–H and O–H groups in total. The van der Waals surface area contributed by atoms with Gasteiger partial charge in [0.1, 0.15) is 11.5 Å². The molecule has 0 unspecified atom stereocenters. The number of pyridine rings is 1. The highest BCUT2D eigenvalue weighted by atomic mass is 16.7. The number of rotatable bonds is 9. The SMILES string of the molecule is CC(C)N(CCNC(=O)c1cccc(NCc2ccc3c(c2)OCO3)n1)C(C)C. The lowest BCUT2D eigenvalue weighted by atomic mass is 10.2. The molecule has 0 radical (unpaired) electrons. The van der Waals surface area contributed by atoms with Crippen molar-refractivity contribution in [2.75, 3.05) is 25.2 Å². The highest BCUT2D eigenvalue weighted by Gasteiger charge is 2.15. The summed E-state index contributed by atoms with van der Waals surface area (Å²) in [5, 5.41) is 6.22. The number of ether oxygens (including phenoxy) is 2. The Labute approximate surface area is 172 Å². The summed E-state index contributed by atoms with van der Waals surface area (Å²) in [5.41, 5.74) is 1.45. The van der Waals surface area contributed by atoms with Gasteiger partial charge in [0.25, 0.3) is 5.91 Å². The topological polar surface area (TPSA) is 75.7 Å². The summed E-state index contributed by atoms with van der Waals surface area (Å²) >= 11 is 0. The van der Waals surface area contributed by atoms with Gasteiger partial charge in [-0.2, -0.15) is 0 Å². The van der Waals surface area contributed by atoms with Crippen LogP contribution in [0, 0.1) is 0 Å². The van der Waals surface area contributed by atoms with Crippen molar-refractivity contribution in [1.29, 1.82) is 0 Å². The normalized spacial score (nSPS) is 12.7. The van der Waals surface area contributed by atoms with Gasteiger partial charge >= 0.3 is 0 Å². The van der Waals surface area contributed by atoms with E-state index in [2.05, 4.69) is 48.2 Å². The first-order valence-electron chi connectivity index (χ1n) is 10.1. The molecule has 1 aliphatic heterocycles. The van der Waals surface area contributed by atoms with E-state index in [-0.39, 0.29) is 12.7 Å². The van der Waals surface area contributed by atoms with Crippen LogP contribution in [0.4, 0.5) is 5.82 Å². The predicted octanol–water partition coefficient (Wildman–Crippen LogP) is 3.27. The summed E-state index contributed by atoms with van der Waals surface area (Å²) in [4.78, 5) is 19.2. The monoisotopic (exact) mass is 398 g/mol. The third-order valence-electron chi connectivity index (χ3n) is 4.87. The van der Waals surface area contributed by atoms with E-state index in [1.165, 1.54) is 0 Å². The van der Waals surface area contributed by atoms with Crippen molar-refractivity contribution >= 4 is 11.7 Å². The molecule has 1 aliphatic rings. The molecule has 7 nitrogen and oxygen atoms in total. The minimum absolute atomic E-state index is 0.163. The average Bonchev–Trinajstić information content (AvgIpc) is 3.17. The van der Waals surface area contributed by atoms with E-state index in [9.17, 15) is 4.79 Å². The molecule has 0 saturated heterocycles. The van der Waals surface area contributed by atoms with E-state index in [0.29, 0.717) is 36.7 Å². The van der Waals surface area contributed by atoms with Gasteiger partial charge in [-0.05, 0) is 57.5 Å². The Balaban J connectivity index is 1.52. The molecule has 156 valence electrons. The van der Waals surface area contributed by atoms with E-state index < -0.39 is 0 Å². The predicted molar refractivity (Wildman–Crippen MR) is 113 cm³/mol. The number of hydrogen-bond acceptors (Lipinski definition) is 6. The second-order valence-corrected chi connectivity index (χ2v) is 7.63. The molecular formula is C22H30N4O3. The van der Waals surface area contributed by atoms with Crippen molar-refractivity contribution in [2.24, 2.45) is 0 Å². The second kappa shape index (κ2) is 9.60. The van der Waals surface area contributed by atoms with E-state index in [1.807, 2.05) is 30.3 Å². The molecule has 1 amide bonds. The van der Waals surface area contributed by atoms with Gasteiger partial charge in [0, 0.05) is 31.7 Å². The first kappa shape index (κ1) is 20.9. The number of carbonyl (C=O) groups excluding carboxylic acids is 1. The number of aromatic nitrogens is 1. The van der Waals surface area contributed by atoms with E-state index in [0.717, 1.165) is 23.6 Å². The molecule has 3 rings (SSSR count). The summed E-state index contributed by atoms with van der Waals surface area (Å²) in [5.74, 6) is 2.01. The highest BCUT2D eigenvalue weighted by Crippen LogP contribution is 2.32. The van der Waals surface area contributed by atoms with Crippen LogP contribution in [-0.4, -0.2) is 47.8 Å². The van der Waals surface area contributed by atoms with Gasteiger partial charge in [-0.1, -0.05) is 12.1 Å². The van der Waals surface area contributed by atoms with E-state index in [1.54, 1.807) is 6.07 Å². The van der Waals surface area contributed by atoms with Crippen LogP contribution in [0.5, 0.6) is 11.5 Å². The molecule has 0 fully saturated rings. The Hall–Kier alpha value is -2.80. The minimum atomic E-state index is -0.163. The van der Waals surface area contributed by atoms with Gasteiger partial charge in [0.2, 0.25) is 6.79 Å². The Bertz CT molecular complexity index is 831. The van der Waals surface area contributed by atoms with Crippen molar-refractivity contribution in [3.8, 4) is 11.5 Å². The number of anilines is 1. The van der Waals surface area contributed by atoms with Crippen LogP contribution < -0.4 is 20.1 Å². The number of hydrogen-bond donors (Lipinski definition) is 2. The zero-order valence-corrected chi connectivity index (χ0v) is 17.6. The highest BCUT2D eigenvalue weighted by molar-refractivity contribution is 5.92. The zero-order chi connectivity index (χ0) is 20.8. The summed E-state index contributed by atoms with van der Waals surface area (Å²) < 4.78 is 10.7. The van der Waals surface area contributed by atoms with Crippen LogP contribution in [0.15, 0.2) is 36.4 Å². The number of carbonyl (C=O) groups is 1. The maximum absolute atomic E-state index is 12.5. The van der Waals surface area contributed by atoms with Gasteiger partial charge in [0.15, 0.2) is 11.5 Å². The molecule has 7 heteroatoms. The van der Waals surface area contributed by atoms with Gasteiger partial charge in [-0.3, -0.25) is 9.69 Å². The van der Waals surface area contributed by atoms with Crippen LogP contribution in [0.3, 0.4) is 0 Å². The maximum Gasteiger partial charge on any atom is 0.270 e. The average molecular weight is 399 g/mol. The van der Waals surface area contributed by atoms with Crippen molar-refractivity contribution < 1.29 is 14.3 Å². The lowest BCUT2D eigenvalue weighted by Gasteiger charge is -2.30. The van der Waals surface area contributed by atoms with Crippen LogP contribution in [0.25, 0.3) is 0 Å². The lowest BCUT2D eigenvalue weighted by Crippen LogP contribution is -2.42. The second-order valence-electron chi connectivity index (χ2n) is 7.63. The number of nitrogens with zero attached hydrogens (tertiary/aromatic N) is 2. The summed E-state index contributed by atoms with van der Waals surface area (Å²) in [6.45, 7) is 10.9. The van der Waals surface area contributed by atoms with Gasteiger partial charge in [0.05, 0.1) is 0 Å². The molecular weight excluding hydrogens is 368 g/mol. The smallest absolute Gasteiger partial charge is 0.270 e. The molecule has 0 saturated carbocycles. The van der Waals surface area contributed by atoms with Crippen LogP contribution >= 0.6 is 0 Å². The molecule has 0 aliphatic carbocycles. The Morgan fingerprint density at radius 3 is 2.62 bits per heavy atom. The third-order valence-corrected chi connectivity index (χ3v) is 4.87. The van der Waals surface area contributed by atoms with Crippen LogP contribution in [0.1, 0.15) is 43.7 Å². The largest absolute Gasteiger partial charge is 0.454 e. The molecule has 2 aromatic rings. The number of fused-ring (bicyclic) bond motifs is 1. The van der Waals surface area contributed by atoms with Gasteiger partial charge < -0.3 is 20.1 Å². The molecule has 1 aromatic carbocycles. The molecule has 0 bridgehead atoms. The van der Waals surface area contributed by atoms with Crippen LogP contribution in [0.2, 0.25) is 0 Å². The van der Waals surface area contributed by atoms with Crippen molar-refractivity contribution in [2.45, 2.75) is 46.3 Å². The van der Waals surface area contributed by atoms with Gasteiger partial charge in [-0.25, -0.2) is 4.98 Å². The van der Waals surface area contributed by atoms with Crippen molar-refractivity contribution in [3.63, 3.8) is 0 Å². The molecule has 2 heterocycles. The maximum atomic E-state index is 12.5. The molecule has 0 spiro atoms. The first-order valence-corrected chi connectivity index (χ1v) is 10.1. The zero-order valence-electron chi connectivity index (χ0n) is 17.6. The first-order chi connectivity index (χ1) is 13.9. The van der Waals surface area contributed by atoms with Crippen LogP contribution in [-0.2, 0) is 6.54 Å². The standard InChI is InChI=1S/C22H30N4O3/c1-15(2)26(16(3)4)11-10-23-22(27)18-6-5-7-21(25-18)24-13-17-8-9-19-20(12-17)29-14-28-19/h5-9,12,15-16H,10-11,13-14H2,1-4H3,(H,23,27)(H,24,25). The summed E-state index contributed by atoms with van der Waals surface area (Å²) in [6.07, 6.45) is 0. The summed E-state index contributed by atoms with van der Waals surface area (Å²) in [6, 6.07) is 12.1. The van der Waals surface area contributed by atoms with E-state index >= 15 is 0 Å². The number of amides is 1. The summed E-state index contributed by atoms with van der Waals surface area (Å²) in [7, 11) is 0. The minimum Gasteiger partial charge on any atom is -0.454 e. The van der Waals surface area contributed by atoms with Crippen molar-refractivity contribution in [3.05, 3.63) is 47.7 Å². The Morgan fingerprint density at radius 2 is 1.86 bits per heavy atom. The quantitative estimate of drug-likeness (QED) is 0.675. The fourth-order valence-corrected chi connectivity index (χ4v) is 3.40. The fourth-order valence-electron chi connectivity index (χ4n) is 3.40. The number of nitrogens with one attached hydrogen (secondary N) is 2. The fraction of sp³-hybridized carbons (Fsp3) is 0.455. The Kier molecular flexibility index (Phi) is 6.93. The molecule has 0 atom stereocenters. The molecule has 29 heavy (non-hydrogen) atoms. The van der Waals surface area contributed by atoms with Crippen molar-refractivity contribution in [1.82, 2.24) is 15.2 Å². The van der Waals surface area contributed by atoms with E-state index in [4.69, 9.17) is 9.47 Å². The lowest BCUT2D eigenvalue weighted by molar-refractivity contribution is 0.0934. The Morgan fingerprint density at radius 1 is 1.10 bits per heavy atom. The van der Waals surface area contributed by atoms with Gasteiger partial charge in [-0.15, -0.1) is 0 Å².